The maximum absolute atomic E-state index is 5.78. The predicted molar refractivity (Wildman–Crippen MR) is 83.8 cm³/mol. The van der Waals surface area contributed by atoms with Gasteiger partial charge in [-0.15, -0.1) is 11.6 Å². The number of rotatable bonds is 5. The van der Waals surface area contributed by atoms with Crippen LogP contribution in [0.5, 0.6) is 5.75 Å². The van der Waals surface area contributed by atoms with Crippen molar-refractivity contribution in [1.29, 1.82) is 0 Å². The highest BCUT2D eigenvalue weighted by Crippen LogP contribution is 2.13. The minimum Gasteiger partial charge on any atom is -0.489 e. The first-order valence-electron chi connectivity index (χ1n) is 7.28. The highest BCUT2D eigenvalue weighted by Gasteiger charge is 2.19. The number of aromatic nitrogens is 1. The van der Waals surface area contributed by atoms with E-state index in [0.717, 1.165) is 37.6 Å². The molecule has 2 rings (SSSR count). The van der Waals surface area contributed by atoms with E-state index in [2.05, 4.69) is 28.6 Å². The van der Waals surface area contributed by atoms with Crippen molar-refractivity contribution in [3.63, 3.8) is 0 Å². The molecular weight excluding hydrogens is 288 g/mol. The van der Waals surface area contributed by atoms with Crippen molar-refractivity contribution >= 4 is 11.6 Å². The van der Waals surface area contributed by atoms with Crippen LogP contribution >= 0.6 is 11.6 Å². The zero-order valence-electron chi connectivity index (χ0n) is 12.3. The fourth-order valence-corrected chi connectivity index (χ4v) is 2.23. The summed E-state index contributed by atoms with van der Waals surface area (Å²) in [5, 5.41) is 0. The summed E-state index contributed by atoms with van der Waals surface area (Å²) in [6.07, 6.45) is 4.22. The first-order valence-corrected chi connectivity index (χ1v) is 7.82. The monoisotopic (exact) mass is 308 g/mol. The van der Waals surface area contributed by atoms with Crippen LogP contribution in [0.4, 0.5) is 0 Å². The molecule has 0 radical (unpaired) electrons. The molecule has 21 heavy (non-hydrogen) atoms. The number of nitrogens with zero attached hydrogens (tertiary/aromatic N) is 2. The van der Waals surface area contributed by atoms with Gasteiger partial charge in [0, 0.05) is 37.2 Å². The van der Waals surface area contributed by atoms with Crippen LogP contribution in [0.15, 0.2) is 18.5 Å². The topological polar surface area (TPSA) is 34.6 Å². The van der Waals surface area contributed by atoms with Crippen LogP contribution in [0.1, 0.15) is 18.9 Å². The van der Waals surface area contributed by atoms with Gasteiger partial charge in [0.15, 0.2) is 0 Å². The average molecular weight is 309 g/mol. The molecule has 0 spiro atoms. The molecule has 1 aliphatic rings. The van der Waals surface area contributed by atoms with E-state index in [1.807, 2.05) is 6.07 Å². The van der Waals surface area contributed by atoms with E-state index < -0.39 is 0 Å². The third kappa shape index (κ3) is 5.55. The van der Waals surface area contributed by atoms with Gasteiger partial charge < -0.3 is 9.47 Å². The summed E-state index contributed by atoms with van der Waals surface area (Å²) in [5.74, 6) is 7.28. The third-order valence-electron chi connectivity index (χ3n) is 3.27. The largest absolute Gasteiger partial charge is 0.489 e. The Kier molecular flexibility index (Phi) is 6.81. The van der Waals surface area contributed by atoms with Gasteiger partial charge >= 0.3 is 0 Å². The lowest BCUT2D eigenvalue weighted by atomic mass is 10.2. The molecule has 2 heterocycles. The summed E-state index contributed by atoms with van der Waals surface area (Å²) in [4.78, 5) is 6.51. The summed E-state index contributed by atoms with van der Waals surface area (Å²) in [6, 6.07) is 1.90. The number of alkyl halides is 1. The molecule has 4 nitrogen and oxygen atoms in total. The fraction of sp³-hybridized carbons (Fsp3) is 0.562. The van der Waals surface area contributed by atoms with Crippen LogP contribution in [0.25, 0.3) is 0 Å². The number of hydrogen-bond donors (Lipinski definition) is 0. The van der Waals surface area contributed by atoms with Crippen LogP contribution < -0.4 is 4.74 Å². The molecule has 0 aliphatic carbocycles. The van der Waals surface area contributed by atoms with Crippen molar-refractivity contribution in [1.82, 2.24) is 9.88 Å². The standard InChI is InChI=1S/C16H21ClN2O2/c1-2-19-7-8-20-16(12-19)13-21-15-9-14(10-18-11-15)5-3-4-6-17/h9-11,16H,2,4,6-8,12-13H2,1H3. The molecular formula is C16H21ClN2O2. The molecule has 1 aromatic heterocycles. The Hall–Kier alpha value is -1.28. The van der Waals surface area contributed by atoms with Gasteiger partial charge in [0.25, 0.3) is 0 Å². The summed E-state index contributed by atoms with van der Waals surface area (Å²) in [6.45, 7) is 6.43. The maximum Gasteiger partial charge on any atom is 0.138 e. The van der Waals surface area contributed by atoms with Gasteiger partial charge in [0.05, 0.1) is 12.8 Å². The van der Waals surface area contributed by atoms with E-state index in [-0.39, 0.29) is 6.10 Å². The van der Waals surface area contributed by atoms with Crippen LogP contribution in [0, 0.1) is 11.8 Å². The Morgan fingerprint density at radius 3 is 3.24 bits per heavy atom. The number of pyridine rings is 1. The first-order chi connectivity index (χ1) is 10.3. The number of ether oxygens (including phenoxy) is 2. The first kappa shape index (κ1) is 16.1. The van der Waals surface area contributed by atoms with Crippen LogP contribution in [-0.4, -0.2) is 54.7 Å². The lowest BCUT2D eigenvalue weighted by molar-refractivity contribution is -0.0464. The summed E-state index contributed by atoms with van der Waals surface area (Å²) >= 11 is 5.60. The summed E-state index contributed by atoms with van der Waals surface area (Å²) in [5.41, 5.74) is 0.845. The summed E-state index contributed by atoms with van der Waals surface area (Å²) in [7, 11) is 0. The van der Waals surface area contributed by atoms with Crippen LogP contribution in [0.3, 0.4) is 0 Å². The highest BCUT2D eigenvalue weighted by molar-refractivity contribution is 6.18. The van der Waals surface area contributed by atoms with E-state index in [1.54, 1.807) is 12.4 Å². The Morgan fingerprint density at radius 1 is 1.52 bits per heavy atom. The molecule has 0 saturated carbocycles. The molecule has 0 N–H and O–H groups in total. The average Bonchev–Trinajstić information content (AvgIpc) is 2.54. The SMILES string of the molecule is CCN1CCOC(COc2cncc(C#CCCCl)c2)C1. The van der Waals surface area contributed by atoms with Gasteiger partial charge in [-0.3, -0.25) is 9.88 Å². The lowest BCUT2D eigenvalue weighted by Gasteiger charge is -2.31. The molecule has 1 saturated heterocycles. The zero-order chi connectivity index (χ0) is 14.9. The number of halogens is 1. The van der Waals surface area contributed by atoms with Crippen LogP contribution in [0.2, 0.25) is 0 Å². The molecule has 1 aliphatic heterocycles. The molecule has 0 aromatic carbocycles. The Bertz CT molecular complexity index is 499. The van der Waals surface area contributed by atoms with E-state index in [1.165, 1.54) is 0 Å². The van der Waals surface area contributed by atoms with Gasteiger partial charge in [0.2, 0.25) is 0 Å². The van der Waals surface area contributed by atoms with E-state index >= 15 is 0 Å². The molecule has 1 fully saturated rings. The molecule has 1 unspecified atom stereocenters. The maximum atomic E-state index is 5.78. The Labute approximate surface area is 131 Å². The van der Waals surface area contributed by atoms with Crippen molar-refractivity contribution in [2.24, 2.45) is 0 Å². The van der Waals surface area contributed by atoms with E-state index in [0.29, 0.717) is 18.9 Å². The predicted octanol–water partition coefficient (Wildman–Crippen LogP) is 2.16. The fourth-order valence-electron chi connectivity index (χ4n) is 2.14. The highest BCUT2D eigenvalue weighted by atomic mass is 35.5. The van der Waals surface area contributed by atoms with Crippen molar-refractivity contribution in [3.8, 4) is 17.6 Å². The van der Waals surface area contributed by atoms with Gasteiger partial charge in [-0.1, -0.05) is 18.8 Å². The second-order valence-electron chi connectivity index (χ2n) is 4.85. The molecule has 5 heteroatoms. The quantitative estimate of drug-likeness (QED) is 0.617. The van der Waals surface area contributed by atoms with Gasteiger partial charge in [0.1, 0.15) is 18.5 Å². The van der Waals surface area contributed by atoms with Crippen molar-refractivity contribution in [3.05, 3.63) is 24.0 Å². The van der Waals surface area contributed by atoms with Gasteiger partial charge in [-0.05, 0) is 12.6 Å². The smallest absolute Gasteiger partial charge is 0.138 e. The van der Waals surface area contributed by atoms with E-state index in [4.69, 9.17) is 21.1 Å². The van der Waals surface area contributed by atoms with Crippen LogP contribution in [-0.2, 0) is 4.74 Å². The molecule has 114 valence electrons. The lowest BCUT2D eigenvalue weighted by Crippen LogP contribution is -2.44. The minimum atomic E-state index is 0.115. The second kappa shape index (κ2) is 8.89. The normalized spacial score (nSPS) is 18.9. The number of morpholine rings is 1. The van der Waals surface area contributed by atoms with E-state index in [9.17, 15) is 0 Å². The molecule has 0 bridgehead atoms. The van der Waals surface area contributed by atoms with Gasteiger partial charge in [-0.2, -0.15) is 0 Å². The minimum absolute atomic E-state index is 0.115. The Morgan fingerprint density at radius 2 is 2.43 bits per heavy atom. The second-order valence-corrected chi connectivity index (χ2v) is 5.23. The van der Waals surface area contributed by atoms with Gasteiger partial charge in [-0.25, -0.2) is 0 Å². The molecule has 1 aromatic rings. The van der Waals surface area contributed by atoms with Crippen molar-refractivity contribution in [2.45, 2.75) is 19.4 Å². The molecule has 1 atom stereocenters. The number of likely N-dealkylation sites (N-methyl/N-ethyl adjacent to an activating group) is 1. The molecule has 0 amide bonds. The van der Waals surface area contributed by atoms with Crippen molar-refractivity contribution < 1.29 is 9.47 Å². The zero-order valence-corrected chi connectivity index (χ0v) is 13.1. The Balaban J connectivity index is 1.85. The third-order valence-corrected chi connectivity index (χ3v) is 3.46. The van der Waals surface area contributed by atoms with Crippen molar-refractivity contribution in [2.75, 3.05) is 38.7 Å². The summed E-state index contributed by atoms with van der Waals surface area (Å²) < 4.78 is 11.5. The number of hydrogen-bond acceptors (Lipinski definition) is 4.